The molecule has 1 saturated carbocycles. The molecule has 1 amide bonds. The summed E-state index contributed by atoms with van der Waals surface area (Å²) >= 11 is 0. The topological polar surface area (TPSA) is 59.8 Å². The van der Waals surface area contributed by atoms with E-state index in [9.17, 15) is 4.79 Å². The smallest absolute Gasteiger partial charge is 0.231 e. The van der Waals surface area contributed by atoms with E-state index in [-0.39, 0.29) is 5.91 Å². The first-order valence-electron chi connectivity index (χ1n) is 6.90. The lowest BCUT2D eigenvalue weighted by Gasteiger charge is -2.08. The molecule has 0 aliphatic heterocycles. The highest BCUT2D eigenvalue weighted by Gasteiger charge is 2.28. The minimum absolute atomic E-state index is 0.0526. The Balaban J connectivity index is 1.68. The number of benzene rings is 1. The quantitative estimate of drug-likeness (QED) is 0.928. The van der Waals surface area contributed by atoms with Gasteiger partial charge in [0.05, 0.1) is 6.42 Å². The minimum atomic E-state index is -0.0526. The van der Waals surface area contributed by atoms with E-state index in [4.69, 9.17) is 0 Å². The summed E-state index contributed by atoms with van der Waals surface area (Å²) in [6.45, 7) is 3.95. The van der Waals surface area contributed by atoms with Gasteiger partial charge in [-0.2, -0.15) is 0 Å². The fourth-order valence-electron chi connectivity index (χ4n) is 2.28. The number of aryl methyl sites for hydroxylation is 2. The fraction of sp³-hybridized carbons (Fsp3) is 0.400. The van der Waals surface area contributed by atoms with Crippen molar-refractivity contribution in [2.75, 3.05) is 5.32 Å². The van der Waals surface area contributed by atoms with E-state index in [1.165, 1.54) is 5.56 Å². The lowest BCUT2D eigenvalue weighted by Crippen LogP contribution is -2.18. The zero-order valence-corrected chi connectivity index (χ0v) is 11.8. The van der Waals surface area contributed by atoms with Gasteiger partial charge in [-0.25, -0.2) is 0 Å². The number of anilines is 1. The maximum Gasteiger partial charge on any atom is 0.231 e. The largest absolute Gasteiger partial charge is 0.294 e. The predicted octanol–water partition coefficient (Wildman–Crippen LogP) is 2.41. The maximum absolute atomic E-state index is 12.1. The van der Waals surface area contributed by atoms with Gasteiger partial charge in [-0.3, -0.25) is 14.7 Å². The van der Waals surface area contributed by atoms with Crippen molar-refractivity contribution in [1.29, 1.82) is 0 Å². The summed E-state index contributed by atoms with van der Waals surface area (Å²) in [7, 11) is 0. The number of carbonyl (C=O) groups is 1. The van der Waals surface area contributed by atoms with Crippen molar-refractivity contribution in [1.82, 2.24) is 14.8 Å². The molecule has 0 spiro atoms. The van der Waals surface area contributed by atoms with Crippen molar-refractivity contribution in [2.24, 2.45) is 0 Å². The van der Waals surface area contributed by atoms with Crippen molar-refractivity contribution >= 4 is 11.9 Å². The number of carbonyl (C=O) groups excluding carboxylic acids is 1. The monoisotopic (exact) mass is 270 g/mol. The molecular weight excluding hydrogens is 252 g/mol. The average molecular weight is 270 g/mol. The zero-order chi connectivity index (χ0) is 14.1. The Bertz CT molecular complexity index is 626. The molecule has 2 aromatic rings. The first kappa shape index (κ1) is 12.8. The molecule has 0 bridgehead atoms. The normalized spacial score (nSPS) is 14.3. The van der Waals surface area contributed by atoms with E-state index in [0.29, 0.717) is 18.4 Å². The third-order valence-electron chi connectivity index (χ3n) is 3.51. The van der Waals surface area contributed by atoms with Crippen molar-refractivity contribution in [3.8, 4) is 0 Å². The highest BCUT2D eigenvalue weighted by molar-refractivity contribution is 5.90. The van der Waals surface area contributed by atoms with Gasteiger partial charge in [0.15, 0.2) is 0 Å². The minimum Gasteiger partial charge on any atom is -0.294 e. The van der Waals surface area contributed by atoms with Crippen LogP contribution < -0.4 is 5.32 Å². The zero-order valence-electron chi connectivity index (χ0n) is 11.8. The molecule has 0 saturated heterocycles. The second-order valence-corrected chi connectivity index (χ2v) is 5.38. The van der Waals surface area contributed by atoms with Crippen LogP contribution in [0.5, 0.6) is 0 Å². The number of nitrogens with one attached hydrogen (secondary N) is 1. The highest BCUT2D eigenvalue weighted by atomic mass is 16.1. The third kappa shape index (κ3) is 2.71. The van der Waals surface area contributed by atoms with Crippen molar-refractivity contribution in [3.63, 3.8) is 0 Å². The molecule has 104 valence electrons. The van der Waals surface area contributed by atoms with Crippen LogP contribution in [-0.4, -0.2) is 20.7 Å². The van der Waals surface area contributed by atoms with Crippen LogP contribution in [0.1, 0.15) is 35.8 Å². The molecule has 0 atom stereocenters. The summed E-state index contributed by atoms with van der Waals surface area (Å²) in [5.41, 5.74) is 2.19. The SMILES string of the molecule is Cc1ccc(CC(=O)Nc2nnc(C)n2C2CC2)cc1. The number of hydrogen-bond donors (Lipinski definition) is 1. The molecule has 1 aliphatic carbocycles. The summed E-state index contributed by atoms with van der Waals surface area (Å²) in [5.74, 6) is 1.38. The standard InChI is InChI=1S/C15H18N4O/c1-10-3-5-12(6-4-10)9-14(20)16-15-18-17-11(2)19(15)13-7-8-13/h3-6,13H,7-9H2,1-2H3,(H,16,18,20). The van der Waals surface area contributed by atoms with Gasteiger partial charge in [0.2, 0.25) is 11.9 Å². The molecule has 5 nitrogen and oxygen atoms in total. The van der Waals surface area contributed by atoms with E-state index in [0.717, 1.165) is 24.2 Å². The van der Waals surface area contributed by atoms with Crippen LogP contribution in [0.4, 0.5) is 5.95 Å². The van der Waals surface area contributed by atoms with Crippen LogP contribution in [0.15, 0.2) is 24.3 Å². The summed E-state index contributed by atoms with van der Waals surface area (Å²) in [4.78, 5) is 12.1. The Morgan fingerprint density at radius 3 is 2.60 bits per heavy atom. The number of aromatic nitrogens is 3. The highest BCUT2D eigenvalue weighted by Crippen LogP contribution is 2.37. The van der Waals surface area contributed by atoms with Gasteiger partial charge in [0.1, 0.15) is 5.82 Å². The molecule has 1 N–H and O–H groups in total. The molecule has 0 unspecified atom stereocenters. The van der Waals surface area contributed by atoms with Gasteiger partial charge < -0.3 is 0 Å². The number of rotatable bonds is 4. The summed E-state index contributed by atoms with van der Waals surface area (Å²) in [5, 5.41) is 11.0. The van der Waals surface area contributed by atoms with Gasteiger partial charge in [-0.1, -0.05) is 29.8 Å². The molecule has 1 aromatic heterocycles. The Kier molecular flexibility index (Phi) is 3.26. The Labute approximate surface area is 118 Å². The molecule has 5 heteroatoms. The van der Waals surface area contributed by atoms with Crippen LogP contribution in [0.2, 0.25) is 0 Å². The van der Waals surface area contributed by atoms with Gasteiger partial charge in [-0.05, 0) is 32.3 Å². The van der Waals surface area contributed by atoms with Crippen LogP contribution in [-0.2, 0) is 11.2 Å². The molecule has 1 heterocycles. The number of amides is 1. The second kappa shape index (κ2) is 5.07. The summed E-state index contributed by atoms with van der Waals surface area (Å²) < 4.78 is 2.02. The Morgan fingerprint density at radius 1 is 1.25 bits per heavy atom. The molecule has 3 rings (SSSR count). The van der Waals surface area contributed by atoms with E-state index < -0.39 is 0 Å². The first-order chi connectivity index (χ1) is 9.63. The van der Waals surface area contributed by atoms with Gasteiger partial charge in [0, 0.05) is 6.04 Å². The average Bonchev–Trinajstić information content (AvgIpc) is 3.18. The van der Waals surface area contributed by atoms with E-state index >= 15 is 0 Å². The molecule has 20 heavy (non-hydrogen) atoms. The van der Waals surface area contributed by atoms with E-state index in [2.05, 4.69) is 15.5 Å². The lowest BCUT2D eigenvalue weighted by atomic mass is 10.1. The molecule has 1 aromatic carbocycles. The van der Waals surface area contributed by atoms with Crippen LogP contribution in [0, 0.1) is 13.8 Å². The molecule has 0 radical (unpaired) electrons. The molecule has 1 aliphatic rings. The molecule has 1 fully saturated rings. The van der Waals surface area contributed by atoms with Crippen LogP contribution >= 0.6 is 0 Å². The second-order valence-electron chi connectivity index (χ2n) is 5.38. The van der Waals surface area contributed by atoms with Crippen molar-refractivity contribution in [2.45, 2.75) is 39.2 Å². The maximum atomic E-state index is 12.1. The Hall–Kier alpha value is -2.17. The van der Waals surface area contributed by atoms with E-state index in [1.54, 1.807) is 0 Å². The predicted molar refractivity (Wildman–Crippen MR) is 76.5 cm³/mol. The molecular formula is C15H18N4O. The van der Waals surface area contributed by atoms with Gasteiger partial charge in [0.25, 0.3) is 0 Å². The third-order valence-corrected chi connectivity index (χ3v) is 3.51. The fourth-order valence-corrected chi connectivity index (χ4v) is 2.28. The first-order valence-corrected chi connectivity index (χ1v) is 6.90. The van der Waals surface area contributed by atoms with Crippen molar-refractivity contribution in [3.05, 3.63) is 41.2 Å². The summed E-state index contributed by atoms with van der Waals surface area (Å²) in [6, 6.07) is 8.44. The van der Waals surface area contributed by atoms with Gasteiger partial charge >= 0.3 is 0 Å². The van der Waals surface area contributed by atoms with E-state index in [1.807, 2.05) is 42.7 Å². The summed E-state index contributed by atoms with van der Waals surface area (Å²) in [6.07, 6.45) is 2.64. The lowest BCUT2D eigenvalue weighted by molar-refractivity contribution is -0.115. The van der Waals surface area contributed by atoms with Crippen LogP contribution in [0.3, 0.4) is 0 Å². The van der Waals surface area contributed by atoms with Crippen molar-refractivity contribution < 1.29 is 4.79 Å². The Morgan fingerprint density at radius 2 is 1.95 bits per heavy atom. The number of nitrogens with zero attached hydrogens (tertiary/aromatic N) is 3. The van der Waals surface area contributed by atoms with Gasteiger partial charge in [-0.15, -0.1) is 10.2 Å². The van der Waals surface area contributed by atoms with Crippen LogP contribution in [0.25, 0.3) is 0 Å². The number of hydrogen-bond acceptors (Lipinski definition) is 3.